The van der Waals surface area contributed by atoms with Crippen molar-refractivity contribution in [2.45, 2.75) is 38.1 Å². The number of hydrogen-bond acceptors (Lipinski definition) is 2. The zero-order chi connectivity index (χ0) is 13.7. The van der Waals surface area contributed by atoms with E-state index in [9.17, 15) is 9.18 Å². The van der Waals surface area contributed by atoms with Crippen molar-refractivity contribution in [2.75, 3.05) is 6.61 Å². The van der Waals surface area contributed by atoms with Gasteiger partial charge >= 0.3 is 0 Å². The molecule has 19 heavy (non-hydrogen) atoms. The molecule has 0 spiro atoms. The Morgan fingerprint density at radius 1 is 1.37 bits per heavy atom. The highest BCUT2D eigenvalue weighted by Crippen LogP contribution is 2.25. The van der Waals surface area contributed by atoms with Gasteiger partial charge in [0.05, 0.1) is 4.47 Å². The molecule has 0 aromatic heterocycles. The van der Waals surface area contributed by atoms with E-state index in [1.54, 1.807) is 0 Å². The lowest BCUT2D eigenvalue weighted by Crippen LogP contribution is -2.39. The molecule has 1 aromatic carbocycles. The smallest absolute Gasteiger partial charge is 0.258 e. The summed E-state index contributed by atoms with van der Waals surface area (Å²) in [5.74, 6) is 0.00852. The van der Waals surface area contributed by atoms with Gasteiger partial charge in [-0.15, -0.1) is 0 Å². The number of halogens is 2. The van der Waals surface area contributed by atoms with Crippen LogP contribution in [0.1, 0.15) is 32.1 Å². The van der Waals surface area contributed by atoms with Crippen molar-refractivity contribution >= 4 is 21.8 Å². The Morgan fingerprint density at radius 3 is 2.79 bits per heavy atom. The van der Waals surface area contributed by atoms with Gasteiger partial charge in [0.25, 0.3) is 5.91 Å². The first-order chi connectivity index (χ1) is 9.15. The molecule has 2 rings (SSSR count). The summed E-state index contributed by atoms with van der Waals surface area (Å²) in [7, 11) is 0. The Labute approximate surface area is 120 Å². The summed E-state index contributed by atoms with van der Waals surface area (Å²) < 4.78 is 18.8. The van der Waals surface area contributed by atoms with E-state index in [2.05, 4.69) is 21.2 Å². The second-order valence-corrected chi connectivity index (χ2v) is 5.62. The Morgan fingerprint density at radius 2 is 2.11 bits per heavy atom. The largest absolute Gasteiger partial charge is 0.483 e. The first-order valence-electron chi connectivity index (χ1n) is 6.52. The fraction of sp³-hybridized carbons (Fsp3) is 0.500. The van der Waals surface area contributed by atoms with Crippen molar-refractivity contribution in [3.8, 4) is 5.75 Å². The van der Waals surface area contributed by atoms with Gasteiger partial charge < -0.3 is 10.1 Å². The van der Waals surface area contributed by atoms with Crippen LogP contribution in [0.3, 0.4) is 0 Å². The fourth-order valence-corrected chi connectivity index (χ4v) is 2.72. The van der Waals surface area contributed by atoms with Crippen LogP contribution in [0.4, 0.5) is 4.39 Å². The molecule has 0 radical (unpaired) electrons. The number of rotatable bonds is 4. The topological polar surface area (TPSA) is 38.3 Å². The quantitative estimate of drug-likeness (QED) is 0.919. The summed E-state index contributed by atoms with van der Waals surface area (Å²) in [5.41, 5.74) is 0. The van der Waals surface area contributed by atoms with Gasteiger partial charge in [-0.1, -0.05) is 19.3 Å². The number of amides is 1. The first-order valence-corrected chi connectivity index (χ1v) is 7.31. The minimum atomic E-state index is -0.342. The molecule has 1 N–H and O–H groups in total. The molecule has 1 saturated carbocycles. The molecule has 0 saturated heterocycles. The van der Waals surface area contributed by atoms with Crippen LogP contribution in [-0.4, -0.2) is 18.6 Å². The molecule has 0 heterocycles. The van der Waals surface area contributed by atoms with Gasteiger partial charge in [-0.05, 0) is 47.0 Å². The van der Waals surface area contributed by atoms with Gasteiger partial charge in [0.15, 0.2) is 6.61 Å². The summed E-state index contributed by atoms with van der Waals surface area (Å²) in [5, 5.41) is 2.97. The van der Waals surface area contributed by atoms with Gasteiger partial charge in [-0.2, -0.15) is 0 Å². The number of carbonyl (C=O) groups excluding carboxylic acids is 1. The Hall–Kier alpha value is -1.10. The molecule has 3 nitrogen and oxygen atoms in total. The molecule has 0 atom stereocenters. The van der Waals surface area contributed by atoms with Gasteiger partial charge in [0, 0.05) is 6.04 Å². The number of nitrogens with one attached hydrogen (secondary N) is 1. The minimum absolute atomic E-state index is 0.0409. The molecule has 1 amide bonds. The van der Waals surface area contributed by atoms with Crippen LogP contribution >= 0.6 is 15.9 Å². The molecule has 5 heteroatoms. The van der Waals surface area contributed by atoms with Crippen molar-refractivity contribution < 1.29 is 13.9 Å². The number of ether oxygens (including phenoxy) is 1. The molecule has 1 fully saturated rings. The standard InChI is InChI=1S/C14H17BrFNO2/c15-12-8-10(16)6-7-13(12)19-9-14(18)17-11-4-2-1-3-5-11/h6-8,11H,1-5,9H2,(H,17,18). The molecular weight excluding hydrogens is 313 g/mol. The first kappa shape index (κ1) is 14.3. The molecule has 0 unspecified atom stereocenters. The monoisotopic (exact) mass is 329 g/mol. The van der Waals surface area contributed by atoms with E-state index in [0.717, 1.165) is 12.8 Å². The normalized spacial score (nSPS) is 16.1. The van der Waals surface area contributed by atoms with E-state index >= 15 is 0 Å². The predicted molar refractivity (Wildman–Crippen MR) is 74.6 cm³/mol. The third kappa shape index (κ3) is 4.49. The van der Waals surface area contributed by atoms with Crippen LogP contribution in [0.15, 0.2) is 22.7 Å². The lowest BCUT2D eigenvalue weighted by atomic mass is 9.95. The van der Waals surface area contributed by atoms with E-state index < -0.39 is 0 Å². The number of benzene rings is 1. The number of carbonyl (C=O) groups is 1. The SMILES string of the molecule is O=C(COc1ccc(F)cc1Br)NC1CCCCC1. The van der Waals surface area contributed by atoms with Crippen molar-refractivity contribution in [2.24, 2.45) is 0 Å². The Bertz CT molecular complexity index is 447. The van der Waals surface area contributed by atoms with Crippen molar-refractivity contribution in [1.82, 2.24) is 5.32 Å². The van der Waals surface area contributed by atoms with Gasteiger partial charge in [0.2, 0.25) is 0 Å². The zero-order valence-electron chi connectivity index (χ0n) is 10.6. The van der Waals surface area contributed by atoms with Gasteiger partial charge in [-0.25, -0.2) is 4.39 Å². The lowest BCUT2D eigenvalue weighted by Gasteiger charge is -2.22. The Kier molecular flexibility index (Phi) is 5.19. The van der Waals surface area contributed by atoms with Gasteiger partial charge in [-0.3, -0.25) is 4.79 Å². The molecular formula is C14H17BrFNO2. The maximum absolute atomic E-state index is 12.9. The van der Waals surface area contributed by atoms with Crippen LogP contribution in [0, 0.1) is 5.82 Å². The maximum Gasteiger partial charge on any atom is 0.258 e. The summed E-state index contributed by atoms with van der Waals surface area (Å²) in [6.45, 7) is -0.0409. The average molecular weight is 330 g/mol. The lowest BCUT2D eigenvalue weighted by molar-refractivity contribution is -0.124. The molecule has 1 aliphatic rings. The highest BCUT2D eigenvalue weighted by Gasteiger charge is 2.16. The van der Waals surface area contributed by atoms with Crippen molar-refractivity contribution in [1.29, 1.82) is 0 Å². The molecule has 1 aromatic rings. The second-order valence-electron chi connectivity index (χ2n) is 4.77. The maximum atomic E-state index is 12.9. The van der Waals surface area contributed by atoms with Crippen molar-refractivity contribution in [3.05, 3.63) is 28.5 Å². The third-order valence-corrected chi connectivity index (χ3v) is 3.84. The average Bonchev–Trinajstić information content (AvgIpc) is 2.39. The van der Waals surface area contributed by atoms with Crippen molar-refractivity contribution in [3.63, 3.8) is 0 Å². The Balaban J connectivity index is 1.79. The summed E-state index contributed by atoms with van der Waals surface area (Å²) >= 11 is 3.20. The second kappa shape index (κ2) is 6.89. The molecule has 0 aliphatic heterocycles. The van der Waals surface area contributed by atoms with E-state index in [1.807, 2.05) is 0 Å². The minimum Gasteiger partial charge on any atom is -0.483 e. The van der Waals surface area contributed by atoms with Crippen LogP contribution < -0.4 is 10.1 Å². The van der Waals surface area contributed by atoms with E-state index in [-0.39, 0.29) is 24.4 Å². The van der Waals surface area contributed by atoms with E-state index in [1.165, 1.54) is 37.5 Å². The van der Waals surface area contributed by atoms with Crippen LogP contribution in [0.5, 0.6) is 5.75 Å². The molecule has 1 aliphatic carbocycles. The number of hydrogen-bond donors (Lipinski definition) is 1. The van der Waals surface area contributed by atoms with Crippen LogP contribution in [0.25, 0.3) is 0 Å². The van der Waals surface area contributed by atoms with Gasteiger partial charge in [0.1, 0.15) is 11.6 Å². The third-order valence-electron chi connectivity index (χ3n) is 3.22. The van der Waals surface area contributed by atoms with E-state index in [0.29, 0.717) is 10.2 Å². The highest BCUT2D eigenvalue weighted by molar-refractivity contribution is 9.10. The summed E-state index contributed by atoms with van der Waals surface area (Å²) in [6.07, 6.45) is 5.70. The molecule has 0 bridgehead atoms. The fourth-order valence-electron chi connectivity index (χ4n) is 2.25. The summed E-state index contributed by atoms with van der Waals surface area (Å²) in [6, 6.07) is 4.40. The molecule has 104 valence electrons. The zero-order valence-corrected chi connectivity index (χ0v) is 12.2. The predicted octanol–water partition coefficient (Wildman–Crippen LogP) is 3.42. The highest BCUT2D eigenvalue weighted by atomic mass is 79.9. The van der Waals surface area contributed by atoms with Crippen LogP contribution in [-0.2, 0) is 4.79 Å². The summed E-state index contributed by atoms with van der Waals surface area (Å²) in [4.78, 5) is 11.7. The van der Waals surface area contributed by atoms with E-state index in [4.69, 9.17) is 4.74 Å². The van der Waals surface area contributed by atoms with Crippen LogP contribution in [0.2, 0.25) is 0 Å².